The average Bonchev–Trinajstić information content (AvgIpc) is 3.55. The van der Waals surface area contributed by atoms with Gasteiger partial charge in [0.15, 0.2) is 0 Å². The topological polar surface area (TPSA) is 37.3 Å². The van der Waals surface area contributed by atoms with Crippen LogP contribution in [0.4, 0.5) is 0 Å². The maximum Gasteiger partial charge on any atom is -0.0195 e. The van der Waals surface area contributed by atoms with E-state index in [1.807, 2.05) is 0 Å². The van der Waals surface area contributed by atoms with E-state index in [-0.39, 0.29) is 15.8 Å². The SMILES string of the molecule is O=C(O)[C]1[CH][CH][CH][CH]1.[Ru+][I].c1ccc(P(CCP(c2ccccc2)c2ccccc2)c2ccccc2)cc1. The van der Waals surface area contributed by atoms with Crippen molar-refractivity contribution in [3.63, 3.8) is 0 Å². The number of hydrogen-bond donors (Lipinski definition) is 1. The number of carboxylic acid groups (broad SMARTS) is 1. The van der Waals surface area contributed by atoms with Gasteiger partial charge in [-0.15, -0.1) is 0 Å². The Morgan fingerprint density at radius 1 is 0.553 bits per heavy atom. The number of halogens is 1. The van der Waals surface area contributed by atoms with Gasteiger partial charge in [0, 0.05) is 0 Å². The van der Waals surface area contributed by atoms with Crippen LogP contribution in [0, 0.1) is 31.6 Å². The third-order valence-corrected chi connectivity index (χ3v) is 11.1. The molecule has 0 atom stereocenters. The Hall–Kier alpha value is -1.44. The fourth-order valence-corrected chi connectivity index (χ4v) is 9.32. The molecule has 5 radical (unpaired) electrons. The zero-order valence-electron chi connectivity index (χ0n) is 20.8. The van der Waals surface area contributed by atoms with Gasteiger partial charge >= 0.3 is 40.5 Å². The number of aliphatic carboxylic acids is 1. The first kappa shape index (κ1) is 31.1. The Labute approximate surface area is 251 Å². The molecule has 1 aliphatic carbocycles. The van der Waals surface area contributed by atoms with Crippen molar-refractivity contribution in [2.75, 3.05) is 12.3 Å². The van der Waals surface area contributed by atoms with Crippen LogP contribution in [0.1, 0.15) is 0 Å². The second-order valence-corrected chi connectivity index (χ2v) is 12.8. The van der Waals surface area contributed by atoms with Crippen LogP contribution in [0.25, 0.3) is 0 Å². The van der Waals surface area contributed by atoms with E-state index in [1.165, 1.54) is 33.5 Å². The van der Waals surface area contributed by atoms with Gasteiger partial charge in [-0.25, -0.2) is 0 Å². The minimum Gasteiger partial charge on any atom is -0.0622 e. The molecule has 0 heterocycles. The molecule has 193 valence electrons. The second kappa shape index (κ2) is 18.0. The van der Waals surface area contributed by atoms with E-state index in [0.29, 0.717) is 5.92 Å². The van der Waals surface area contributed by atoms with Gasteiger partial charge in [-0.2, -0.15) is 0 Å². The average molecular weight is 736 g/mol. The van der Waals surface area contributed by atoms with Gasteiger partial charge in [0.05, 0.1) is 5.92 Å². The first-order valence-corrected chi connectivity index (χ1v) is 20.3. The van der Waals surface area contributed by atoms with Gasteiger partial charge in [0.1, 0.15) is 0 Å². The van der Waals surface area contributed by atoms with Gasteiger partial charge in [0.2, 0.25) is 0 Å². The zero-order chi connectivity index (χ0) is 27.0. The van der Waals surface area contributed by atoms with E-state index < -0.39 is 5.97 Å². The molecule has 6 heteroatoms. The minimum atomic E-state index is -0.866. The molecular formula is C32H29IO2P2Ru+. The Kier molecular flexibility index (Phi) is 14.7. The Morgan fingerprint density at radius 2 is 0.816 bits per heavy atom. The van der Waals surface area contributed by atoms with E-state index in [1.54, 1.807) is 25.7 Å². The van der Waals surface area contributed by atoms with E-state index in [2.05, 4.69) is 156 Å². The summed E-state index contributed by atoms with van der Waals surface area (Å²) in [7, 11) is -0.696. The van der Waals surface area contributed by atoms with Gasteiger partial charge < -0.3 is 5.11 Å². The Morgan fingerprint density at radius 3 is 1.03 bits per heavy atom. The van der Waals surface area contributed by atoms with Gasteiger partial charge in [-0.05, 0) is 75.1 Å². The molecule has 1 N–H and O–H groups in total. The molecule has 0 aliphatic heterocycles. The van der Waals surface area contributed by atoms with Crippen molar-refractivity contribution in [3.8, 4) is 0 Å². The number of carboxylic acids is 1. The van der Waals surface area contributed by atoms with E-state index in [4.69, 9.17) is 5.11 Å². The molecule has 0 unspecified atom stereocenters. The Balaban J connectivity index is 0.000000339. The molecule has 5 rings (SSSR count). The normalized spacial score (nSPS) is 12.8. The van der Waals surface area contributed by atoms with E-state index in [0.717, 1.165) is 0 Å². The quantitative estimate of drug-likeness (QED) is 0.126. The molecule has 0 bridgehead atoms. The third kappa shape index (κ3) is 9.95. The van der Waals surface area contributed by atoms with Gasteiger partial charge in [0.25, 0.3) is 0 Å². The number of carbonyl (C=O) groups is 1. The summed E-state index contributed by atoms with van der Waals surface area (Å²) in [5, 5.41) is 14.2. The zero-order valence-corrected chi connectivity index (χ0v) is 26.4. The molecule has 0 amide bonds. The van der Waals surface area contributed by atoms with Gasteiger partial charge in [-0.1, -0.05) is 121 Å². The van der Waals surface area contributed by atoms with Crippen molar-refractivity contribution in [2.45, 2.75) is 0 Å². The molecule has 2 nitrogen and oxygen atoms in total. The fraction of sp³-hybridized carbons (Fsp3) is 0.0625. The van der Waals surface area contributed by atoms with Crippen LogP contribution in [0.15, 0.2) is 121 Å². The summed E-state index contributed by atoms with van der Waals surface area (Å²) in [5.74, 6) is -0.514. The summed E-state index contributed by atoms with van der Waals surface area (Å²) in [4.78, 5) is 10.1. The van der Waals surface area contributed by atoms with Crippen LogP contribution >= 0.6 is 35.6 Å². The summed E-state index contributed by atoms with van der Waals surface area (Å²) < 4.78 is 0. The van der Waals surface area contributed by atoms with Crippen molar-refractivity contribution in [1.82, 2.24) is 0 Å². The standard InChI is InChI=1S/C26H24P2.C6H5O2.HI.Ru/c1-5-13-23(14-6-1)27(24-15-7-2-8-16-24)21-22-28(25-17-9-3-10-18-25)26-19-11-4-12-20-26;7-6(8)5-3-1-2-4-5;;/h1-20H,21-22H2;1-4H,(H,7,8);1H;/q;;;+2/p-1. The maximum absolute atomic E-state index is 10.1. The van der Waals surface area contributed by atoms with Crippen molar-refractivity contribution < 1.29 is 24.7 Å². The summed E-state index contributed by atoms with van der Waals surface area (Å²) in [6.45, 7) is 0. The monoisotopic (exact) mass is 736 g/mol. The first-order chi connectivity index (χ1) is 18.7. The van der Waals surface area contributed by atoms with Crippen molar-refractivity contribution in [2.24, 2.45) is 0 Å². The fourth-order valence-electron chi connectivity index (χ4n) is 3.96. The molecule has 0 saturated heterocycles. The number of benzene rings is 4. The van der Waals surface area contributed by atoms with Crippen LogP contribution < -0.4 is 21.2 Å². The summed E-state index contributed by atoms with van der Waals surface area (Å²) in [5.41, 5.74) is 0. The minimum absolute atomic E-state index is 0.348. The van der Waals surface area contributed by atoms with Crippen molar-refractivity contribution in [3.05, 3.63) is 153 Å². The maximum atomic E-state index is 10.1. The molecule has 38 heavy (non-hydrogen) atoms. The molecule has 1 fully saturated rings. The van der Waals surface area contributed by atoms with Crippen LogP contribution in [-0.4, -0.2) is 23.4 Å². The Bertz CT molecular complexity index is 1010. The second-order valence-electron chi connectivity index (χ2n) is 8.12. The molecule has 1 saturated carbocycles. The van der Waals surface area contributed by atoms with E-state index >= 15 is 0 Å². The third-order valence-electron chi connectivity index (χ3n) is 5.73. The summed E-state index contributed by atoms with van der Waals surface area (Å²) in [6, 6.07) is 44.2. The molecule has 0 aromatic heterocycles. The van der Waals surface area contributed by atoms with Crippen LogP contribution in [-0.2, 0) is 19.6 Å². The molecule has 4 aromatic rings. The summed E-state index contributed by atoms with van der Waals surface area (Å²) >= 11 is 4.40. The molecular weight excluding hydrogens is 706 g/mol. The predicted molar refractivity (Wildman–Crippen MR) is 170 cm³/mol. The first-order valence-electron chi connectivity index (χ1n) is 12.1. The van der Waals surface area contributed by atoms with Crippen LogP contribution in [0.5, 0.6) is 0 Å². The molecule has 4 aromatic carbocycles. The van der Waals surface area contributed by atoms with Gasteiger partial charge in [-0.3, -0.25) is 4.79 Å². The predicted octanol–water partition coefficient (Wildman–Crippen LogP) is 6.61. The summed E-state index contributed by atoms with van der Waals surface area (Å²) in [6.07, 6.45) is 8.93. The van der Waals surface area contributed by atoms with Crippen LogP contribution in [0.2, 0.25) is 0 Å². The molecule has 1 aliphatic rings. The van der Waals surface area contributed by atoms with Crippen molar-refractivity contribution >= 4 is 62.8 Å². The number of hydrogen-bond acceptors (Lipinski definition) is 1. The smallest absolute Gasteiger partial charge is 0.0195 e. The largest absolute Gasteiger partial charge is 0.0622 e. The van der Waals surface area contributed by atoms with E-state index in [9.17, 15) is 4.79 Å². The number of rotatable bonds is 8. The van der Waals surface area contributed by atoms with Crippen LogP contribution in [0.3, 0.4) is 0 Å². The molecule has 0 spiro atoms. The van der Waals surface area contributed by atoms with Crippen molar-refractivity contribution in [1.29, 1.82) is 0 Å².